The molecule has 4 heteroatoms. The number of aryl methyl sites for hydroxylation is 2. The molecule has 128 valence electrons. The Morgan fingerprint density at radius 1 is 1.17 bits per heavy atom. The van der Waals surface area contributed by atoms with E-state index in [-0.39, 0.29) is 12.6 Å². The first-order valence-corrected chi connectivity index (χ1v) is 8.91. The van der Waals surface area contributed by atoms with Gasteiger partial charge in [0.2, 0.25) is 0 Å². The Kier molecular flexibility index (Phi) is 5.77. The SMILES string of the molecule is CC(NCC(O)COc1ccc2c(c1)CCC2)c1cccc(Cl)c1. The molecule has 0 aromatic heterocycles. The Balaban J connectivity index is 1.45. The Hall–Kier alpha value is -1.55. The van der Waals surface area contributed by atoms with E-state index in [9.17, 15) is 5.11 Å². The van der Waals surface area contributed by atoms with Gasteiger partial charge in [-0.1, -0.05) is 29.8 Å². The van der Waals surface area contributed by atoms with Crippen molar-refractivity contribution in [1.29, 1.82) is 0 Å². The largest absolute Gasteiger partial charge is 0.491 e. The molecule has 0 aliphatic heterocycles. The van der Waals surface area contributed by atoms with Crippen LogP contribution < -0.4 is 10.1 Å². The van der Waals surface area contributed by atoms with E-state index in [0.29, 0.717) is 6.54 Å². The normalized spacial score (nSPS) is 15.8. The van der Waals surface area contributed by atoms with Crippen LogP contribution in [0.15, 0.2) is 42.5 Å². The van der Waals surface area contributed by atoms with Crippen LogP contribution >= 0.6 is 11.6 Å². The van der Waals surface area contributed by atoms with Crippen molar-refractivity contribution in [2.24, 2.45) is 0 Å². The lowest BCUT2D eigenvalue weighted by Crippen LogP contribution is -2.33. The average molecular weight is 346 g/mol. The van der Waals surface area contributed by atoms with Crippen molar-refractivity contribution in [3.8, 4) is 5.75 Å². The van der Waals surface area contributed by atoms with Crippen LogP contribution in [0.4, 0.5) is 0 Å². The van der Waals surface area contributed by atoms with E-state index >= 15 is 0 Å². The number of hydrogen-bond donors (Lipinski definition) is 2. The summed E-state index contributed by atoms with van der Waals surface area (Å²) in [5.41, 5.74) is 3.92. The Morgan fingerprint density at radius 2 is 2.00 bits per heavy atom. The summed E-state index contributed by atoms with van der Waals surface area (Å²) < 4.78 is 5.74. The number of nitrogens with one attached hydrogen (secondary N) is 1. The Morgan fingerprint density at radius 3 is 2.83 bits per heavy atom. The van der Waals surface area contributed by atoms with Gasteiger partial charge in [-0.25, -0.2) is 0 Å². The van der Waals surface area contributed by atoms with Gasteiger partial charge in [0.1, 0.15) is 18.5 Å². The third-order valence-corrected chi connectivity index (χ3v) is 4.76. The van der Waals surface area contributed by atoms with Crippen LogP contribution in [0.25, 0.3) is 0 Å². The summed E-state index contributed by atoms with van der Waals surface area (Å²) in [6.07, 6.45) is 2.98. The van der Waals surface area contributed by atoms with Gasteiger partial charge in [-0.3, -0.25) is 0 Å². The summed E-state index contributed by atoms with van der Waals surface area (Å²) in [5, 5.41) is 14.2. The Labute approximate surface area is 148 Å². The van der Waals surface area contributed by atoms with Crippen molar-refractivity contribution in [3.63, 3.8) is 0 Å². The first kappa shape index (κ1) is 17.3. The number of rotatable bonds is 7. The van der Waals surface area contributed by atoms with Gasteiger partial charge in [0.25, 0.3) is 0 Å². The summed E-state index contributed by atoms with van der Waals surface area (Å²) in [7, 11) is 0. The highest BCUT2D eigenvalue weighted by molar-refractivity contribution is 6.30. The van der Waals surface area contributed by atoms with Crippen molar-refractivity contribution in [1.82, 2.24) is 5.32 Å². The maximum Gasteiger partial charge on any atom is 0.119 e. The maximum atomic E-state index is 10.1. The second-order valence-electron chi connectivity index (χ2n) is 6.43. The van der Waals surface area contributed by atoms with Crippen LogP contribution in [0.3, 0.4) is 0 Å². The van der Waals surface area contributed by atoms with Gasteiger partial charge >= 0.3 is 0 Å². The highest BCUT2D eigenvalue weighted by atomic mass is 35.5. The molecule has 24 heavy (non-hydrogen) atoms. The molecule has 1 aliphatic carbocycles. The molecule has 2 aromatic rings. The average Bonchev–Trinajstić information content (AvgIpc) is 3.05. The molecule has 0 radical (unpaired) electrons. The van der Waals surface area contributed by atoms with Crippen LogP contribution in [0.5, 0.6) is 5.75 Å². The van der Waals surface area contributed by atoms with Crippen molar-refractivity contribution >= 4 is 11.6 Å². The number of halogens is 1. The lowest BCUT2D eigenvalue weighted by Gasteiger charge is -2.18. The van der Waals surface area contributed by atoms with Crippen LogP contribution in [-0.4, -0.2) is 24.4 Å². The second-order valence-corrected chi connectivity index (χ2v) is 6.87. The molecule has 1 aliphatic rings. The van der Waals surface area contributed by atoms with Crippen LogP contribution in [0, 0.1) is 0 Å². The molecular weight excluding hydrogens is 322 g/mol. The monoisotopic (exact) mass is 345 g/mol. The summed E-state index contributed by atoms with van der Waals surface area (Å²) >= 11 is 6.01. The number of aliphatic hydroxyl groups is 1. The highest BCUT2D eigenvalue weighted by Crippen LogP contribution is 2.26. The summed E-state index contributed by atoms with van der Waals surface area (Å²) in [4.78, 5) is 0. The molecule has 0 bridgehead atoms. The molecule has 0 spiro atoms. The minimum Gasteiger partial charge on any atom is -0.491 e. The maximum absolute atomic E-state index is 10.1. The minimum absolute atomic E-state index is 0.123. The zero-order valence-corrected chi connectivity index (χ0v) is 14.7. The van der Waals surface area contributed by atoms with E-state index in [1.54, 1.807) is 0 Å². The van der Waals surface area contributed by atoms with Crippen LogP contribution in [-0.2, 0) is 12.8 Å². The first-order chi connectivity index (χ1) is 11.6. The molecule has 2 atom stereocenters. The van der Waals surface area contributed by atoms with Crippen LogP contribution in [0.1, 0.15) is 36.1 Å². The fourth-order valence-electron chi connectivity index (χ4n) is 3.10. The van der Waals surface area contributed by atoms with E-state index < -0.39 is 6.10 Å². The van der Waals surface area contributed by atoms with Crippen LogP contribution in [0.2, 0.25) is 5.02 Å². The van der Waals surface area contributed by atoms with Crippen molar-refractivity contribution < 1.29 is 9.84 Å². The molecule has 0 saturated carbocycles. The first-order valence-electron chi connectivity index (χ1n) is 8.53. The summed E-state index contributed by atoms with van der Waals surface area (Å²) in [6.45, 7) is 2.81. The van der Waals surface area contributed by atoms with E-state index in [1.165, 1.54) is 24.0 Å². The number of aliphatic hydroxyl groups excluding tert-OH is 1. The smallest absolute Gasteiger partial charge is 0.119 e. The van der Waals surface area contributed by atoms with Gasteiger partial charge in [0.05, 0.1) is 0 Å². The third kappa shape index (κ3) is 4.50. The van der Waals surface area contributed by atoms with E-state index in [2.05, 4.69) is 24.4 Å². The summed E-state index contributed by atoms with van der Waals surface area (Å²) in [5.74, 6) is 0.845. The standard InChI is InChI=1S/C20H24ClNO2/c1-14(16-5-3-7-18(21)10-16)22-12-19(23)13-24-20-9-8-15-4-2-6-17(15)11-20/h3,5,7-11,14,19,22-23H,2,4,6,12-13H2,1H3. The van der Waals surface area contributed by atoms with Gasteiger partial charge in [-0.2, -0.15) is 0 Å². The second kappa shape index (κ2) is 8.02. The Bertz CT molecular complexity index is 689. The van der Waals surface area contributed by atoms with Crippen molar-refractivity contribution in [2.75, 3.05) is 13.2 Å². The predicted octanol–water partition coefficient (Wildman–Crippen LogP) is 3.92. The summed E-state index contributed by atoms with van der Waals surface area (Å²) in [6, 6.07) is 14.1. The van der Waals surface area contributed by atoms with Gasteiger partial charge < -0.3 is 15.2 Å². The predicted molar refractivity (Wildman–Crippen MR) is 97.8 cm³/mol. The fourth-order valence-corrected chi connectivity index (χ4v) is 3.29. The van der Waals surface area contributed by atoms with E-state index in [4.69, 9.17) is 16.3 Å². The molecule has 3 nitrogen and oxygen atoms in total. The molecule has 2 unspecified atom stereocenters. The van der Waals surface area contributed by atoms with E-state index in [0.717, 1.165) is 22.8 Å². The molecule has 2 N–H and O–H groups in total. The van der Waals surface area contributed by atoms with Gasteiger partial charge in [0, 0.05) is 17.6 Å². The zero-order chi connectivity index (χ0) is 16.9. The molecule has 0 fully saturated rings. The minimum atomic E-state index is -0.556. The van der Waals surface area contributed by atoms with Crippen molar-refractivity contribution in [3.05, 3.63) is 64.2 Å². The zero-order valence-electron chi connectivity index (χ0n) is 14.0. The van der Waals surface area contributed by atoms with E-state index in [1.807, 2.05) is 30.3 Å². The number of benzene rings is 2. The molecule has 3 rings (SSSR count). The molecule has 0 heterocycles. The number of fused-ring (bicyclic) bond motifs is 1. The molecular formula is C20H24ClNO2. The van der Waals surface area contributed by atoms with Crippen molar-refractivity contribution in [2.45, 2.75) is 38.3 Å². The number of ether oxygens (including phenoxy) is 1. The number of hydrogen-bond acceptors (Lipinski definition) is 3. The molecule has 2 aromatic carbocycles. The lowest BCUT2D eigenvalue weighted by atomic mass is 10.1. The molecule has 0 amide bonds. The third-order valence-electron chi connectivity index (χ3n) is 4.52. The molecule has 0 saturated heterocycles. The van der Waals surface area contributed by atoms with Gasteiger partial charge in [-0.15, -0.1) is 0 Å². The van der Waals surface area contributed by atoms with Gasteiger partial charge in [-0.05, 0) is 67.1 Å². The topological polar surface area (TPSA) is 41.5 Å². The lowest BCUT2D eigenvalue weighted by molar-refractivity contribution is 0.104. The highest BCUT2D eigenvalue weighted by Gasteiger charge is 2.13. The van der Waals surface area contributed by atoms with Gasteiger partial charge in [0.15, 0.2) is 0 Å². The quantitative estimate of drug-likeness (QED) is 0.799. The fraction of sp³-hybridized carbons (Fsp3) is 0.400.